The van der Waals surface area contributed by atoms with Crippen molar-refractivity contribution in [1.82, 2.24) is 10.6 Å². The van der Waals surface area contributed by atoms with Gasteiger partial charge in [0, 0.05) is 16.9 Å². The third-order valence-electron chi connectivity index (χ3n) is 5.02. The van der Waals surface area contributed by atoms with Gasteiger partial charge in [0.1, 0.15) is 0 Å². The second-order valence-electron chi connectivity index (χ2n) is 6.91. The van der Waals surface area contributed by atoms with Gasteiger partial charge in [0.05, 0.1) is 25.8 Å². The number of nitrogens with one attached hydrogen (secondary N) is 3. The standard InChI is InChI=1S/C22H25N3O3S/c1-12-9-10-15(11-13(12)2)24-21(26)18-14(3)23-22(29)25-19(18)16-7-6-8-17(27-4)20(16)28-5/h6-11,19H,1-5H3,(H,24,26)(H2,23,25,29)/t19-/m1/s1. The van der Waals surface area contributed by atoms with Gasteiger partial charge in [0.15, 0.2) is 16.6 Å². The summed E-state index contributed by atoms with van der Waals surface area (Å²) in [5, 5.41) is 9.68. The van der Waals surface area contributed by atoms with Gasteiger partial charge < -0.3 is 25.4 Å². The highest BCUT2D eigenvalue weighted by Crippen LogP contribution is 2.39. The van der Waals surface area contributed by atoms with Crippen LogP contribution in [-0.4, -0.2) is 25.2 Å². The maximum absolute atomic E-state index is 13.3. The maximum Gasteiger partial charge on any atom is 0.255 e. The Bertz CT molecular complexity index is 1000. The highest BCUT2D eigenvalue weighted by Gasteiger charge is 2.32. The average Bonchev–Trinajstić information content (AvgIpc) is 2.69. The van der Waals surface area contributed by atoms with Crippen LogP contribution < -0.4 is 25.4 Å². The summed E-state index contributed by atoms with van der Waals surface area (Å²) in [6.07, 6.45) is 0. The number of amides is 1. The summed E-state index contributed by atoms with van der Waals surface area (Å²) in [5.74, 6) is 0.924. The Labute approximate surface area is 176 Å². The Morgan fingerprint density at radius 3 is 2.48 bits per heavy atom. The monoisotopic (exact) mass is 411 g/mol. The molecule has 6 nitrogen and oxygen atoms in total. The van der Waals surface area contributed by atoms with E-state index in [0.29, 0.717) is 27.9 Å². The predicted octanol–water partition coefficient (Wildman–Crippen LogP) is 3.75. The van der Waals surface area contributed by atoms with E-state index in [1.54, 1.807) is 14.2 Å². The lowest BCUT2D eigenvalue weighted by molar-refractivity contribution is -0.113. The van der Waals surface area contributed by atoms with Gasteiger partial charge in [-0.3, -0.25) is 4.79 Å². The average molecular weight is 412 g/mol. The third kappa shape index (κ3) is 4.19. The lowest BCUT2D eigenvalue weighted by Gasteiger charge is -2.31. The van der Waals surface area contributed by atoms with Crippen molar-refractivity contribution in [3.8, 4) is 11.5 Å². The maximum atomic E-state index is 13.3. The number of hydrogen-bond acceptors (Lipinski definition) is 4. The van der Waals surface area contributed by atoms with Crippen molar-refractivity contribution in [2.75, 3.05) is 19.5 Å². The van der Waals surface area contributed by atoms with Gasteiger partial charge in [-0.25, -0.2) is 0 Å². The van der Waals surface area contributed by atoms with E-state index < -0.39 is 6.04 Å². The lowest BCUT2D eigenvalue weighted by atomic mass is 9.93. The second kappa shape index (κ2) is 8.53. The summed E-state index contributed by atoms with van der Waals surface area (Å²) in [6, 6.07) is 10.9. The molecule has 1 aliphatic rings. The highest BCUT2D eigenvalue weighted by atomic mass is 32.1. The Balaban J connectivity index is 2.02. The molecule has 1 heterocycles. The molecule has 3 rings (SSSR count). The number of hydrogen-bond donors (Lipinski definition) is 3. The van der Waals surface area contributed by atoms with Crippen LogP contribution >= 0.6 is 12.2 Å². The summed E-state index contributed by atoms with van der Waals surface area (Å²) < 4.78 is 11.0. The van der Waals surface area contributed by atoms with Crippen LogP contribution in [-0.2, 0) is 4.79 Å². The van der Waals surface area contributed by atoms with Gasteiger partial charge >= 0.3 is 0 Å². The number of carbonyl (C=O) groups is 1. The molecule has 1 aliphatic heterocycles. The first-order valence-corrected chi connectivity index (χ1v) is 9.64. The molecule has 0 saturated heterocycles. The summed E-state index contributed by atoms with van der Waals surface area (Å²) in [4.78, 5) is 13.3. The molecule has 152 valence electrons. The van der Waals surface area contributed by atoms with Crippen molar-refractivity contribution in [2.45, 2.75) is 26.8 Å². The van der Waals surface area contributed by atoms with Crippen molar-refractivity contribution in [3.63, 3.8) is 0 Å². The smallest absolute Gasteiger partial charge is 0.255 e. The molecule has 0 radical (unpaired) electrons. The summed E-state index contributed by atoms with van der Waals surface area (Å²) in [6.45, 7) is 5.89. The second-order valence-corrected chi connectivity index (χ2v) is 7.31. The number of allylic oxidation sites excluding steroid dienone is 1. The molecule has 0 aromatic heterocycles. The Morgan fingerprint density at radius 2 is 1.83 bits per heavy atom. The summed E-state index contributed by atoms with van der Waals surface area (Å²) in [5.41, 5.74) is 5.00. The van der Waals surface area contributed by atoms with Crippen LogP contribution in [0.15, 0.2) is 47.7 Å². The first-order chi connectivity index (χ1) is 13.8. The molecule has 3 N–H and O–H groups in total. The Morgan fingerprint density at radius 1 is 1.07 bits per heavy atom. The SMILES string of the molecule is COc1cccc([C@H]2NC(=S)NC(C)=C2C(=O)Nc2ccc(C)c(C)c2)c1OC. The van der Waals surface area contributed by atoms with E-state index in [0.717, 1.165) is 16.8 Å². The molecule has 1 amide bonds. The molecule has 29 heavy (non-hydrogen) atoms. The zero-order valence-corrected chi connectivity index (χ0v) is 18.0. The number of aryl methyl sites for hydroxylation is 2. The molecule has 1 atom stereocenters. The van der Waals surface area contributed by atoms with E-state index in [1.807, 2.05) is 57.2 Å². The molecular weight excluding hydrogens is 386 g/mol. The van der Waals surface area contributed by atoms with Gasteiger partial charge in [-0.15, -0.1) is 0 Å². The van der Waals surface area contributed by atoms with E-state index in [9.17, 15) is 4.79 Å². The van der Waals surface area contributed by atoms with E-state index in [2.05, 4.69) is 16.0 Å². The van der Waals surface area contributed by atoms with Crippen LogP contribution in [0.3, 0.4) is 0 Å². The Hall–Kier alpha value is -3.06. The number of methoxy groups -OCH3 is 2. The first kappa shape index (κ1) is 20.7. The minimum atomic E-state index is -0.486. The number of ether oxygens (including phenoxy) is 2. The molecule has 0 saturated carbocycles. The zero-order valence-electron chi connectivity index (χ0n) is 17.2. The molecule has 0 fully saturated rings. The molecule has 7 heteroatoms. The molecule has 0 unspecified atom stereocenters. The number of rotatable bonds is 5. The van der Waals surface area contributed by atoms with Crippen molar-refractivity contribution >= 4 is 28.9 Å². The fourth-order valence-corrected chi connectivity index (χ4v) is 3.66. The number of para-hydroxylation sites is 1. The van der Waals surface area contributed by atoms with Gasteiger partial charge in [-0.2, -0.15) is 0 Å². The summed E-state index contributed by atoms with van der Waals surface area (Å²) >= 11 is 5.34. The highest BCUT2D eigenvalue weighted by molar-refractivity contribution is 7.80. The predicted molar refractivity (Wildman–Crippen MR) is 118 cm³/mol. The minimum Gasteiger partial charge on any atom is -0.493 e. The number of carbonyl (C=O) groups excluding carboxylic acids is 1. The van der Waals surface area contributed by atoms with Crippen LogP contribution in [0.4, 0.5) is 5.69 Å². The van der Waals surface area contributed by atoms with E-state index >= 15 is 0 Å². The molecular formula is C22H25N3O3S. The molecule has 0 bridgehead atoms. The van der Waals surface area contributed by atoms with Gasteiger partial charge in [0.25, 0.3) is 5.91 Å². The van der Waals surface area contributed by atoms with Gasteiger partial charge in [-0.1, -0.05) is 18.2 Å². The molecule has 0 aliphatic carbocycles. The number of benzene rings is 2. The van der Waals surface area contributed by atoms with Crippen LogP contribution in [0.2, 0.25) is 0 Å². The summed E-state index contributed by atoms with van der Waals surface area (Å²) in [7, 11) is 3.16. The zero-order chi connectivity index (χ0) is 21.1. The largest absolute Gasteiger partial charge is 0.493 e. The quantitative estimate of drug-likeness (QED) is 0.651. The van der Waals surface area contributed by atoms with Gasteiger partial charge in [0.2, 0.25) is 0 Å². The lowest BCUT2D eigenvalue weighted by Crippen LogP contribution is -2.45. The number of thiocarbonyl (C=S) groups is 1. The Kier molecular flexibility index (Phi) is 6.08. The van der Waals surface area contributed by atoms with E-state index in [1.165, 1.54) is 5.56 Å². The van der Waals surface area contributed by atoms with Crippen molar-refractivity contribution in [2.24, 2.45) is 0 Å². The fourth-order valence-electron chi connectivity index (χ4n) is 3.39. The van der Waals surface area contributed by atoms with Crippen LogP contribution in [0.1, 0.15) is 29.7 Å². The van der Waals surface area contributed by atoms with E-state index in [-0.39, 0.29) is 5.91 Å². The third-order valence-corrected chi connectivity index (χ3v) is 5.24. The van der Waals surface area contributed by atoms with Crippen LogP contribution in [0, 0.1) is 13.8 Å². The number of anilines is 1. The molecule has 2 aromatic carbocycles. The topological polar surface area (TPSA) is 71.6 Å². The van der Waals surface area contributed by atoms with E-state index in [4.69, 9.17) is 21.7 Å². The van der Waals surface area contributed by atoms with Gasteiger partial charge in [-0.05, 0) is 62.3 Å². The molecule has 0 spiro atoms. The van der Waals surface area contributed by atoms with Crippen molar-refractivity contribution < 1.29 is 14.3 Å². The van der Waals surface area contributed by atoms with Crippen molar-refractivity contribution in [1.29, 1.82) is 0 Å². The normalized spacial score (nSPS) is 16.0. The van der Waals surface area contributed by atoms with Crippen LogP contribution in [0.25, 0.3) is 0 Å². The molecule has 2 aromatic rings. The first-order valence-electron chi connectivity index (χ1n) is 9.23. The van der Waals surface area contributed by atoms with Crippen LogP contribution in [0.5, 0.6) is 11.5 Å². The van der Waals surface area contributed by atoms with Crippen molar-refractivity contribution in [3.05, 3.63) is 64.4 Å². The fraction of sp³-hybridized carbons (Fsp3) is 0.273. The minimum absolute atomic E-state index is 0.219.